The molecule has 7 atom stereocenters. The van der Waals surface area contributed by atoms with E-state index in [0.717, 1.165) is 32.8 Å². The number of rotatable bonds is 20. The number of benzene rings is 4. The van der Waals surface area contributed by atoms with Crippen LogP contribution in [0.4, 0.5) is 5.69 Å². The minimum absolute atomic E-state index is 0.0239. The van der Waals surface area contributed by atoms with Gasteiger partial charge in [0.2, 0.25) is 35.4 Å². The van der Waals surface area contributed by atoms with Crippen molar-refractivity contribution in [1.29, 1.82) is 0 Å². The molecule has 0 unspecified atom stereocenters. The Bertz CT molecular complexity index is 3570. The van der Waals surface area contributed by atoms with Gasteiger partial charge in [0.15, 0.2) is 0 Å². The van der Waals surface area contributed by atoms with Crippen molar-refractivity contribution in [3.05, 3.63) is 136 Å². The predicted octanol–water partition coefficient (Wildman–Crippen LogP) is 5.94. The van der Waals surface area contributed by atoms with Crippen molar-refractivity contribution in [3.8, 4) is 16.2 Å². The van der Waals surface area contributed by atoms with E-state index in [-0.39, 0.29) is 73.7 Å². The zero-order valence-corrected chi connectivity index (χ0v) is 48.6. The first kappa shape index (κ1) is 59.6. The Morgan fingerprint density at radius 2 is 1.64 bits per heavy atom. The van der Waals surface area contributed by atoms with Crippen molar-refractivity contribution < 1.29 is 57.4 Å². The number of hydrogen-bond acceptors (Lipinski definition) is 12. The molecule has 1 saturated heterocycles. The molecule has 3 aliphatic rings. The number of aromatic nitrogens is 2. The molecule has 0 aliphatic carbocycles. The Labute approximate surface area is 483 Å². The van der Waals surface area contributed by atoms with E-state index in [2.05, 4.69) is 31.2 Å². The quantitative estimate of drug-likeness (QED) is 0.0411. The van der Waals surface area contributed by atoms with Crippen molar-refractivity contribution >= 4 is 82.4 Å². The van der Waals surface area contributed by atoms with Gasteiger partial charge in [0, 0.05) is 35.9 Å². The molecule has 0 radical (unpaired) electrons. The van der Waals surface area contributed by atoms with E-state index in [9.17, 15) is 52.7 Å². The maximum Gasteiger partial charge on any atom is 0.396 e. The molecule has 7 amide bonds. The summed E-state index contributed by atoms with van der Waals surface area (Å²) >= 11 is 1.57. The summed E-state index contributed by atoms with van der Waals surface area (Å²) in [6.45, 7) is 11.7. The third-order valence-corrected chi connectivity index (χ3v) is 17.2. The summed E-state index contributed by atoms with van der Waals surface area (Å²) in [5, 5.41) is 12.2. The summed E-state index contributed by atoms with van der Waals surface area (Å²) < 4.78 is 17.8. The van der Waals surface area contributed by atoms with Crippen LogP contribution in [0.3, 0.4) is 0 Å². The van der Waals surface area contributed by atoms with Crippen molar-refractivity contribution in [2.24, 2.45) is 17.1 Å². The number of carbonyl (C=O) groups excluding carboxylic acids is 8. The van der Waals surface area contributed by atoms with Crippen molar-refractivity contribution in [2.75, 3.05) is 18.1 Å². The molecule has 0 bridgehead atoms. The van der Waals surface area contributed by atoms with E-state index in [1.807, 2.05) is 89.5 Å². The van der Waals surface area contributed by atoms with Crippen LogP contribution in [0.2, 0.25) is 0 Å². The van der Waals surface area contributed by atoms with Gasteiger partial charge in [-0.1, -0.05) is 82.3 Å². The highest BCUT2D eigenvalue weighted by molar-refractivity contribution is 7.70. The van der Waals surface area contributed by atoms with E-state index in [0.29, 0.717) is 47.3 Å². The van der Waals surface area contributed by atoms with Gasteiger partial charge < -0.3 is 51.4 Å². The Kier molecular flexibility index (Phi) is 17.5. The molecule has 9 rings (SSSR count). The number of likely N-dealkylation sites (tertiary alicyclic amines) is 1. The molecule has 4 aromatic carbocycles. The van der Waals surface area contributed by atoms with E-state index in [4.69, 9.17) is 10.5 Å². The SMILES string of the molecule is Cc1ncsc1-c1ccc([C@H](C)NC(=O)[C@@H]2C[C@@H](C)CN2C(=O)[C@@H](NC(=O)Cc2cccc(OC[C@H](CCC(N)=O)NC(=O)[C@@H]3Cc4cccc5c4N3C(=O)[C@@H](NC(=O)c3cc4cc(C(=O)P(=O)(O)O)ccc4[nH]3)CC5)c2)C(C)(C)C)cc1. The lowest BCUT2D eigenvalue weighted by Crippen LogP contribution is -2.58. The van der Waals surface area contributed by atoms with Crippen LogP contribution in [-0.4, -0.2) is 115 Å². The van der Waals surface area contributed by atoms with Gasteiger partial charge in [-0.05, 0) is 115 Å². The zero-order valence-electron chi connectivity index (χ0n) is 46.9. The summed E-state index contributed by atoms with van der Waals surface area (Å²) in [5.41, 5.74) is 11.1. The molecule has 21 nitrogen and oxygen atoms in total. The molecule has 2 aromatic heterocycles. The van der Waals surface area contributed by atoms with Crippen LogP contribution in [0.5, 0.6) is 5.75 Å². The highest BCUT2D eigenvalue weighted by Gasteiger charge is 2.46. The number of aromatic amines is 1. The molecule has 23 heteroatoms. The van der Waals surface area contributed by atoms with Gasteiger partial charge in [0.05, 0.1) is 40.3 Å². The number of thiazole rings is 1. The van der Waals surface area contributed by atoms with Crippen LogP contribution in [0.15, 0.2) is 96.5 Å². The summed E-state index contributed by atoms with van der Waals surface area (Å²) in [6, 6.07) is 20.6. The predicted molar refractivity (Wildman–Crippen MR) is 311 cm³/mol. The zero-order chi connectivity index (χ0) is 59.7. The second kappa shape index (κ2) is 24.4. The van der Waals surface area contributed by atoms with Gasteiger partial charge >= 0.3 is 7.60 Å². The van der Waals surface area contributed by atoms with Gasteiger partial charge in [0.25, 0.3) is 11.4 Å². The molecular formula is C60H68N9O12PS. The fourth-order valence-electron chi connectivity index (χ4n) is 11.2. The summed E-state index contributed by atoms with van der Waals surface area (Å²) in [5.74, 6) is -3.01. The highest BCUT2D eigenvalue weighted by Crippen LogP contribution is 2.41. The van der Waals surface area contributed by atoms with E-state index in [1.165, 1.54) is 29.2 Å². The van der Waals surface area contributed by atoms with Crippen LogP contribution in [0, 0.1) is 18.3 Å². The molecule has 1 fully saturated rings. The molecule has 6 aromatic rings. The van der Waals surface area contributed by atoms with Crippen molar-refractivity contribution in [1.82, 2.24) is 36.1 Å². The number of ether oxygens (including phenoxy) is 1. The van der Waals surface area contributed by atoms with Crippen LogP contribution in [0.25, 0.3) is 21.3 Å². The minimum atomic E-state index is -5.06. The number of nitrogens with two attached hydrogens (primary N) is 1. The topological polar surface area (TPSA) is 313 Å². The summed E-state index contributed by atoms with van der Waals surface area (Å²) in [6.07, 6.45) is 1.07. The van der Waals surface area contributed by atoms with Gasteiger partial charge in [-0.2, -0.15) is 0 Å². The fraction of sp³-hybridized carbons (Fsp3) is 0.383. The first-order valence-electron chi connectivity index (χ1n) is 27.5. The van der Waals surface area contributed by atoms with Gasteiger partial charge in [-0.15, -0.1) is 11.3 Å². The molecule has 0 spiro atoms. The van der Waals surface area contributed by atoms with E-state index < -0.39 is 78.3 Å². The second-order valence-electron chi connectivity index (χ2n) is 22.9. The van der Waals surface area contributed by atoms with Crippen LogP contribution in [0.1, 0.15) is 115 Å². The molecule has 9 N–H and O–H groups in total. The third-order valence-electron chi connectivity index (χ3n) is 15.5. The lowest BCUT2D eigenvalue weighted by molar-refractivity contribution is -0.144. The Morgan fingerprint density at radius 3 is 2.34 bits per heavy atom. The normalized spacial score (nSPS) is 18.8. The van der Waals surface area contributed by atoms with Gasteiger partial charge in [0.1, 0.15) is 42.2 Å². The second-order valence-corrected chi connectivity index (χ2v) is 25.3. The van der Waals surface area contributed by atoms with Crippen LogP contribution in [-0.2, 0) is 52.6 Å². The fourth-order valence-corrected chi connectivity index (χ4v) is 12.5. The number of primary amides is 1. The number of fused-ring (bicyclic) bond motifs is 1. The third kappa shape index (κ3) is 13.6. The molecular weight excluding hydrogens is 1100 g/mol. The van der Waals surface area contributed by atoms with Crippen molar-refractivity contribution in [2.45, 2.75) is 123 Å². The average Bonchev–Trinajstić information content (AvgIpc) is 2.69. The molecule has 3 aliphatic heterocycles. The summed E-state index contributed by atoms with van der Waals surface area (Å²) in [4.78, 5) is 140. The number of anilines is 1. The first-order chi connectivity index (χ1) is 39.3. The maximum absolute atomic E-state index is 14.6. The number of aryl methyl sites for hydroxylation is 2. The first-order valence-corrected chi connectivity index (χ1v) is 30.0. The Hall–Kier alpha value is -8.04. The number of amides is 7. The number of carbonyl (C=O) groups is 8. The monoisotopic (exact) mass is 1170 g/mol. The summed E-state index contributed by atoms with van der Waals surface area (Å²) in [7, 11) is -5.06. The molecule has 5 heterocycles. The number of nitrogens with zero attached hydrogens (tertiary/aromatic N) is 3. The Morgan fingerprint density at radius 1 is 0.916 bits per heavy atom. The van der Waals surface area contributed by atoms with Crippen molar-refractivity contribution in [3.63, 3.8) is 0 Å². The number of para-hydroxylation sites is 1. The smallest absolute Gasteiger partial charge is 0.396 e. The molecule has 83 heavy (non-hydrogen) atoms. The van der Waals surface area contributed by atoms with E-state index >= 15 is 0 Å². The van der Waals surface area contributed by atoms with E-state index in [1.54, 1.807) is 40.5 Å². The van der Waals surface area contributed by atoms with Crippen LogP contribution >= 0.6 is 18.9 Å². The average molecular weight is 1170 g/mol. The van der Waals surface area contributed by atoms with Crippen LogP contribution < -0.4 is 36.6 Å². The van der Waals surface area contributed by atoms with Gasteiger partial charge in [-0.3, -0.25) is 47.8 Å². The minimum Gasteiger partial charge on any atom is -0.491 e. The standard InChI is InChI=1S/C60H68N9O12PS/c1-32-23-47(55(73)63-33(2)36-13-15-38(16-14-36)52-34(3)62-31-83-52)68(29-32)58(76)53(60(4,5)6)67-50(71)25-35-9-7-12-43(24-35)81-30-42(19-22-49(61)70)64-56(74)48-28-39-11-8-10-37-17-21-45(57(75)69(48)51(37)39)66-54(72)46-27-41-26-40(18-20-44(41)65-46)59(77)82(78,79)80/h7-16,18,20,24,26-27,31-33,42,45,47-48,53,65H,17,19,21-23,25,28-30H2,1-6H3,(H2,61,70)(H,63,73)(H,64,74)(H,66,72)(H,67,71)(H2,78,79,80)/t32-,33+,42+,45+,47+,48+,53-/m1/s1. The molecule has 436 valence electrons. The number of H-pyrrole nitrogens is 1. The lowest BCUT2D eigenvalue weighted by atomic mass is 9.85. The largest absolute Gasteiger partial charge is 0.491 e. The molecule has 0 saturated carbocycles. The highest BCUT2D eigenvalue weighted by atomic mass is 32.1. The van der Waals surface area contributed by atoms with Gasteiger partial charge in [-0.25, -0.2) is 4.98 Å². The lowest BCUT2D eigenvalue weighted by Gasteiger charge is -2.35. The number of hydrogen-bond donors (Lipinski definition) is 8. The maximum atomic E-state index is 14.6. The number of nitrogens with one attached hydrogen (secondary N) is 5. The Balaban J connectivity index is 0.828.